The van der Waals surface area contributed by atoms with Crippen LogP contribution in [0.1, 0.15) is 25.8 Å². The molecule has 0 unspecified atom stereocenters. The first-order valence-electron chi connectivity index (χ1n) is 8.55. The van der Waals surface area contributed by atoms with Gasteiger partial charge in [-0.05, 0) is 18.4 Å². The zero-order valence-corrected chi connectivity index (χ0v) is 15.0. The summed E-state index contributed by atoms with van der Waals surface area (Å²) in [7, 11) is 1.54. The van der Waals surface area contributed by atoms with Crippen molar-refractivity contribution in [1.29, 1.82) is 0 Å². The normalized spacial score (nSPS) is 11.4. The Morgan fingerprint density at radius 2 is 2.00 bits per heavy atom. The van der Waals surface area contributed by atoms with E-state index in [1.54, 1.807) is 25.2 Å². The highest BCUT2D eigenvalue weighted by Gasteiger charge is 2.16. The molecule has 3 aromatic rings. The lowest BCUT2D eigenvalue weighted by Gasteiger charge is -2.08. The molecule has 2 aromatic heterocycles. The molecule has 0 atom stereocenters. The third-order valence-corrected chi connectivity index (χ3v) is 4.28. The minimum absolute atomic E-state index is 0.136. The van der Waals surface area contributed by atoms with Crippen molar-refractivity contribution in [2.45, 2.75) is 26.8 Å². The largest absolute Gasteiger partial charge is 0.356 e. The first kappa shape index (κ1) is 17.9. The topological polar surface area (TPSA) is 84.7 Å². The predicted octanol–water partition coefficient (Wildman–Crippen LogP) is 2.07. The van der Waals surface area contributed by atoms with Crippen molar-refractivity contribution >= 4 is 17.1 Å². The van der Waals surface area contributed by atoms with Crippen LogP contribution in [0.3, 0.4) is 0 Å². The maximum absolute atomic E-state index is 13.9. The molecule has 0 aliphatic rings. The second kappa shape index (κ2) is 7.15. The van der Waals surface area contributed by atoms with Crippen LogP contribution < -0.4 is 16.6 Å². The monoisotopic (exact) mass is 359 g/mol. The number of aromatic amines is 1. The summed E-state index contributed by atoms with van der Waals surface area (Å²) in [6, 6.07) is 6.08. The number of hydrogen-bond acceptors (Lipinski definition) is 4. The van der Waals surface area contributed by atoms with Crippen LogP contribution in [0.5, 0.6) is 0 Å². The highest BCUT2D eigenvalue weighted by molar-refractivity contribution is 5.72. The lowest BCUT2D eigenvalue weighted by Crippen LogP contribution is -2.39. The van der Waals surface area contributed by atoms with Gasteiger partial charge in [0.1, 0.15) is 5.82 Å². The van der Waals surface area contributed by atoms with Crippen LogP contribution in [0.2, 0.25) is 0 Å². The number of benzene rings is 1. The number of hydrogen-bond donors (Lipinski definition) is 2. The molecule has 0 saturated heterocycles. The van der Waals surface area contributed by atoms with Crippen LogP contribution in [0.25, 0.3) is 11.2 Å². The number of halogens is 1. The molecule has 2 heterocycles. The molecule has 1 aromatic carbocycles. The number of imidazole rings is 1. The predicted molar refractivity (Wildman–Crippen MR) is 99.0 cm³/mol. The Labute approximate surface area is 149 Å². The van der Waals surface area contributed by atoms with Gasteiger partial charge in [0.15, 0.2) is 11.2 Å². The van der Waals surface area contributed by atoms with Crippen molar-refractivity contribution in [3.63, 3.8) is 0 Å². The van der Waals surface area contributed by atoms with Gasteiger partial charge in [0.05, 0.1) is 6.54 Å². The maximum Gasteiger partial charge on any atom is 0.332 e. The van der Waals surface area contributed by atoms with E-state index in [0.29, 0.717) is 18.4 Å². The summed E-state index contributed by atoms with van der Waals surface area (Å²) in [5.41, 5.74) is -0.282. The van der Waals surface area contributed by atoms with Gasteiger partial charge >= 0.3 is 5.69 Å². The van der Waals surface area contributed by atoms with Gasteiger partial charge < -0.3 is 10.3 Å². The second-order valence-electron chi connectivity index (χ2n) is 6.72. The number of fused-ring (bicyclic) bond motifs is 1. The molecule has 0 spiro atoms. The summed E-state index contributed by atoms with van der Waals surface area (Å²) < 4.78 is 16.2. The molecule has 8 heteroatoms. The first-order chi connectivity index (χ1) is 12.4. The minimum Gasteiger partial charge on any atom is -0.356 e. The number of nitrogens with zero attached hydrogens (tertiary/aromatic N) is 3. The van der Waals surface area contributed by atoms with E-state index in [4.69, 9.17) is 0 Å². The Kier molecular flexibility index (Phi) is 4.92. The van der Waals surface area contributed by atoms with Crippen molar-refractivity contribution < 1.29 is 4.39 Å². The Morgan fingerprint density at radius 3 is 2.69 bits per heavy atom. The lowest BCUT2D eigenvalue weighted by molar-refractivity contribution is 0.582. The van der Waals surface area contributed by atoms with E-state index in [-0.39, 0.29) is 23.3 Å². The van der Waals surface area contributed by atoms with E-state index < -0.39 is 17.1 Å². The van der Waals surface area contributed by atoms with E-state index in [1.807, 2.05) is 0 Å². The minimum atomic E-state index is -0.536. The van der Waals surface area contributed by atoms with Crippen LogP contribution in [0.15, 0.2) is 33.9 Å². The van der Waals surface area contributed by atoms with E-state index in [2.05, 4.69) is 29.1 Å². The summed E-state index contributed by atoms with van der Waals surface area (Å²) in [5.74, 6) is 0.521. The highest BCUT2D eigenvalue weighted by atomic mass is 19.1. The molecule has 7 nitrogen and oxygen atoms in total. The summed E-state index contributed by atoms with van der Waals surface area (Å²) in [4.78, 5) is 32.5. The van der Waals surface area contributed by atoms with Crippen LogP contribution in [-0.4, -0.2) is 25.6 Å². The molecule has 26 heavy (non-hydrogen) atoms. The van der Waals surface area contributed by atoms with Gasteiger partial charge in [0, 0.05) is 19.2 Å². The van der Waals surface area contributed by atoms with E-state index in [1.165, 1.54) is 10.6 Å². The molecule has 3 rings (SSSR count). The van der Waals surface area contributed by atoms with Crippen LogP contribution in [0.4, 0.5) is 10.3 Å². The average molecular weight is 359 g/mol. The van der Waals surface area contributed by atoms with Crippen LogP contribution >= 0.6 is 0 Å². The quantitative estimate of drug-likeness (QED) is 0.706. The molecule has 138 valence electrons. The zero-order valence-electron chi connectivity index (χ0n) is 15.0. The van der Waals surface area contributed by atoms with Crippen molar-refractivity contribution in [2.75, 3.05) is 11.9 Å². The smallest absolute Gasteiger partial charge is 0.332 e. The van der Waals surface area contributed by atoms with E-state index in [0.717, 1.165) is 11.0 Å². The SMILES string of the molecule is CC(C)CCNc1nc2c([nH]1)c(=O)n(Cc1ccccc1F)c(=O)n2C. The van der Waals surface area contributed by atoms with Gasteiger partial charge in [-0.25, -0.2) is 9.18 Å². The zero-order chi connectivity index (χ0) is 18.8. The third kappa shape index (κ3) is 3.40. The fourth-order valence-corrected chi connectivity index (χ4v) is 2.75. The first-order valence-corrected chi connectivity index (χ1v) is 8.55. The second-order valence-corrected chi connectivity index (χ2v) is 6.72. The molecule has 0 saturated carbocycles. The molecule has 0 aliphatic carbocycles. The molecule has 0 amide bonds. The van der Waals surface area contributed by atoms with Gasteiger partial charge in [-0.15, -0.1) is 0 Å². The van der Waals surface area contributed by atoms with Crippen molar-refractivity contribution in [2.24, 2.45) is 13.0 Å². The number of nitrogens with one attached hydrogen (secondary N) is 2. The Bertz CT molecular complexity index is 1050. The number of aromatic nitrogens is 4. The summed E-state index contributed by atoms with van der Waals surface area (Å²) in [6.07, 6.45) is 0.952. The molecule has 0 aliphatic heterocycles. The standard InChI is InChI=1S/C18H22FN5O2/c1-11(2)8-9-20-17-21-14-15(22-17)23(3)18(26)24(16(14)25)10-12-6-4-5-7-13(12)19/h4-7,11H,8-10H2,1-3H3,(H2,20,21,22). The molecule has 2 N–H and O–H groups in total. The van der Waals surface area contributed by atoms with Crippen molar-refractivity contribution in [3.05, 3.63) is 56.5 Å². The average Bonchev–Trinajstić information content (AvgIpc) is 3.02. The molecule has 0 fully saturated rings. The van der Waals surface area contributed by atoms with Gasteiger partial charge in [-0.1, -0.05) is 32.0 Å². The van der Waals surface area contributed by atoms with Gasteiger partial charge in [-0.3, -0.25) is 13.9 Å². The fraction of sp³-hybridized carbons (Fsp3) is 0.389. The molecule has 0 bridgehead atoms. The Morgan fingerprint density at radius 1 is 1.27 bits per heavy atom. The Balaban J connectivity index is 2.02. The Hall–Kier alpha value is -2.90. The molecular weight excluding hydrogens is 337 g/mol. The summed E-state index contributed by atoms with van der Waals surface area (Å²) >= 11 is 0. The number of rotatable bonds is 6. The van der Waals surface area contributed by atoms with Crippen LogP contribution in [-0.2, 0) is 13.6 Å². The highest BCUT2D eigenvalue weighted by Crippen LogP contribution is 2.11. The summed E-state index contributed by atoms with van der Waals surface area (Å²) in [6.45, 7) is 4.80. The van der Waals surface area contributed by atoms with Gasteiger partial charge in [0.2, 0.25) is 5.95 Å². The van der Waals surface area contributed by atoms with Crippen LogP contribution in [0, 0.1) is 11.7 Å². The van der Waals surface area contributed by atoms with Crippen molar-refractivity contribution in [3.8, 4) is 0 Å². The molecule has 0 radical (unpaired) electrons. The summed E-state index contributed by atoms with van der Waals surface area (Å²) in [5, 5.41) is 3.13. The maximum atomic E-state index is 13.9. The van der Waals surface area contributed by atoms with E-state index >= 15 is 0 Å². The van der Waals surface area contributed by atoms with Crippen molar-refractivity contribution in [1.82, 2.24) is 19.1 Å². The number of aryl methyl sites for hydroxylation is 1. The van der Waals surface area contributed by atoms with Gasteiger partial charge in [-0.2, -0.15) is 4.98 Å². The number of anilines is 1. The fourth-order valence-electron chi connectivity index (χ4n) is 2.75. The third-order valence-electron chi connectivity index (χ3n) is 4.28. The van der Waals surface area contributed by atoms with E-state index in [9.17, 15) is 14.0 Å². The number of H-pyrrole nitrogens is 1. The lowest BCUT2D eigenvalue weighted by atomic mass is 10.1. The molecular formula is C18H22FN5O2. The van der Waals surface area contributed by atoms with Gasteiger partial charge in [0.25, 0.3) is 5.56 Å².